The molecule has 52 valence electrons. The highest BCUT2D eigenvalue weighted by atomic mass is 16.3. The molecule has 9 heavy (non-hydrogen) atoms. The topological polar surface area (TPSA) is 35.8 Å². The van der Waals surface area contributed by atoms with Crippen LogP contribution in [0.2, 0.25) is 0 Å². The summed E-state index contributed by atoms with van der Waals surface area (Å²) in [5.41, 5.74) is 0. The van der Waals surface area contributed by atoms with Crippen LogP contribution in [-0.2, 0) is 0 Å². The molecule has 0 radical (unpaired) electrons. The second-order valence-electron chi connectivity index (χ2n) is 2.25. The van der Waals surface area contributed by atoms with Gasteiger partial charge >= 0.3 is 0 Å². The van der Waals surface area contributed by atoms with Crippen LogP contribution < -0.4 is 0 Å². The molecule has 3 heteroatoms. The van der Waals surface area contributed by atoms with Crippen molar-refractivity contribution < 1.29 is 5.11 Å². The SMILES string of the molecule is CC1C=NCN1CCO. The standard InChI is InChI=1S/C6H12N2O/c1-6-4-7-5-8(6)2-3-9/h4,6,9H,2-3,5H2,1H3. The van der Waals surface area contributed by atoms with E-state index in [1.165, 1.54) is 0 Å². The van der Waals surface area contributed by atoms with Crippen LogP contribution in [0.5, 0.6) is 0 Å². The third kappa shape index (κ3) is 1.50. The molecular weight excluding hydrogens is 116 g/mol. The Morgan fingerprint density at radius 2 is 2.67 bits per heavy atom. The van der Waals surface area contributed by atoms with Gasteiger partial charge in [0.25, 0.3) is 0 Å². The molecule has 0 fully saturated rings. The summed E-state index contributed by atoms with van der Waals surface area (Å²) in [7, 11) is 0. The number of hydrogen-bond acceptors (Lipinski definition) is 3. The summed E-state index contributed by atoms with van der Waals surface area (Å²) in [6, 6.07) is 0.414. The van der Waals surface area contributed by atoms with E-state index in [-0.39, 0.29) is 6.61 Å². The van der Waals surface area contributed by atoms with Crippen LogP contribution in [0.25, 0.3) is 0 Å². The van der Waals surface area contributed by atoms with Gasteiger partial charge in [0.15, 0.2) is 0 Å². The molecule has 1 atom stereocenters. The maximum atomic E-state index is 8.55. The first-order chi connectivity index (χ1) is 4.34. The van der Waals surface area contributed by atoms with E-state index >= 15 is 0 Å². The van der Waals surface area contributed by atoms with E-state index in [4.69, 9.17) is 5.11 Å². The Morgan fingerprint density at radius 3 is 3.11 bits per heavy atom. The minimum Gasteiger partial charge on any atom is -0.395 e. The first-order valence-corrected chi connectivity index (χ1v) is 3.19. The summed E-state index contributed by atoms with van der Waals surface area (Å²) in [4.78, 5) is 6.17. The van der Waals surface area contributed by atoms with E-state index in [1.807, 2.05) is 6.21 Å². The zero-order valence-corrected chi connectivity index (χ0v) is 5.62. The fraction of sp³-hybridized carbons (Fsp3) is 0.833. The molecule has 1 unspecified atom stereocenters. The lowest BCUT2D eigenvalue weighted by molar-refractivity contribution is 0.199. The van der Waals surface area contributed by atoms with Gasteiger partial charge in [-0.15, -0.1) is 0 Å². The molecule has 0 aromatic carbocycles. The summed E-state index contributed by atoms with van der Waals surface area (Å²) in [5, 5.41) is 8.55. The van der Waals surface area contributed by atoms with Crippen LogP contribution in [-0.4, -0.2) is 42.1 Å². The van der Waals surface area contributed by atoms with E-state index in [0.717, 1.165) is 13.2 Å². The van der Waals surface area contributed by atoms with Gasteiger partial charge in [-0.25, -0.2) is 0 Å². The van der Waals surface area contributed by atoms with E-state index in [1.54, 1.807) is 0 Å². The lowest BCUT2D eigenvalue weighted by Crippen LogP contribution is -2.31. The van der Waals surface area contributed by atoms with Gasteiger partial charge in [-0.1, -0.05) is 0 Å². The number of aliphatic hydroxyl groups excluding tert-OH is 1. The third-order valence-electron chi connectivity index (χ3n) is 1.55. The third-order valence-corrected chi connectivity index (χ3v) is 1.55. The van der Waals surface area contributed by atoms with E-state index in [9.17, 15) is 0 Å². The smallest absolute Gasteiger partial charge is 0.0912 e. The van der Waals surface area contributed by atoms with Crippen LogP contribution in [0, 0.1) is 0 Å². The van der Waals surface area contributed by atoms with Crippen LogP contribution in [0.3, 0.4) is 0 Å². The second-order valence-corrected chi connectivity index (χ2v) is 2.25. The number of rotatable bonds is 2. The van der Waals surface area contributed by atoms with Gasteiger partial charge in [-0.05, 0) is 6.92 Å². The van der Waals surface area contributed by atoms with E-state index in [2.05, 4.69) is 16.8 Å². The Kier molecular flexibility index (Phi) is 2.19. The van der Waals surface area contributed by atoms with Crippen molar-refractivity contribution in [3.05, 3.63) is 0 Å². The molecule has 0 spiro atoms. The van der Waals surface area contributed by atoms with Crippen molar-refractivity contribution in [3.63, 3.8) is 0 Å². The van der Waals surface area contributed by atoms with Gasteiger partial charge in [0.2, 0.25) is 0 Å². The molecule has 0 aromatic rings. The minimum absolute atomic E-state index is 0.230. The molecule has 1 rings (SSSR count). The molecule has 1 aliphatic rings. The van der Waals surface area contributed by atoms with Gasteiger partial charge in [0.1, 0.15) is 0 Å². The molecule has 0 saturated heterocycles. The Morgan fingerprint density at radius 1 is 1.89 bits per heavy atom. The Bertz CT molecular complexity index is 114. The molecule has 0 bridgehead atoms. The Hall–Kier alpha value is -0.410. The van der Waals surface area contributed by atoms with Crippen LogP contribution in [0.1, 0.15) is 6.92 Å². The first-order valence-electron chi connectivity index (χ1n) is 3.19. The van der Waals surface area contributed by atoms with E-state index in [0.29, 0.717) is 6.04 Å². The van der Waals surface area contributed by atoms with Crippen molar-refractivity contribution in [2.24, 2.45) is 4.99 Å². The van der Waals surface area contributed by atoms with Gasteiger partial charge < -0.3 is 5.11 Å². The fourth-order valence-electron chi connectivity index (χ4n) is 0.930. The van der Waals surface area contributed by atoms with Crippen LogP contribution in [0.4, 0.5) is 0 Å². The highest BCUT2D eigenvalue weighted by Crippen LogP contribution is 2.01. The fourth-order valence-corrected chi connectivity index (χ4v) is 0.930. The molecule has 0 aromatic heterocycles. The molecule has 1 aliphatic heterocycles. The average molecular weight is 128 g/mol. The first kappa shape index (κ1) is 6.71. The summed E-state index contributed by atoms with van der Waals surface area (Å²) in [5.74, 6) is 0. The molecule has 3 nitrogen and oxygen atoms in total. The number of hydrogen-bond donors (Lipinski definition) is 1. The monoisotopic (exact) mass is 128 g/mol. The van der Waals surface area contributed by atoms with Gasteiger partial charge in [-0.2, -0.15) is 0 Å². The molecule has 0 aliphatic carbocycles. The lowest BCUT2D eigenvalue weighted by Gasteiger charge is -2.16. The van der Waals surface area contributed by atoms with Gasteiger partial charge in [0, 0.05) is 18.8 Å². The molecule has 0 amide bonds. The largest absolute Gasteiger partial charge is 0.395 e. The van der Waals surface area contributed by atoms with Crippen molar-refractivity contribution in [3.8, 4) is 0 Å². The number of aliphatic imine (C=N–C) groups is 1. The summed E-state index contributed by atoms with van der Waals surface area (Å²) < 4.78 is 0. The van der Waals surface area contributed by atoms with Gasteiger partial charge in [-0.3, -0.25) is 9.89 Å². The number of aliphatic hydroxyl groups is 1. The van der Waals surface area contributed by atoms with Crippen LogP contribution in [0.15, 0.2) is 4.99 Å². The maximum absolute atomic E-state index is 8.55. The predicted octanol–water partition coefficient (Wildman–Crippen LogP) is -0.289. The predicted molar refractivity (Wildman–Crippen MR) is 36.6 cm³/mol. The molecule has 1 heterocycles. The second kappa shape index (κ2) is 2.94. The number of β-amino-alcohol motifs (C(OH)–C–C–N with tert-alkyl or cyclic N) is 1. The lowest BCUT2D eigenvalue weighted by atomic mass is 10.3. The average Bonchev–Trinajstić information content (AvgIpc) is 2.18. The summed E-state index contributed by atoms with van der Waals surface area (Å²) >= 11 is 0. The van der Waals surface area contributed by atoms with Crippen molar-refractivity contribution >= 4 is 6.21 Å². The van der Waals surface area contributed by atoms with Crippen molar-refractivity contribution in [1.29, 1.82) is 0 Å². The van der Waals surface area contributed by atoms with E-state index < -0.39 is 0 Å². The number of nitrogens with zero attached hydrogens (tertiary/aromatic N) is 2. The maximum Gasteiger partial charge on any atom is 0.0912 e. The zero-order valence-electron chi connectivity index (χ0n) is 5.62. The molecular formula is C6H12N2O. The van der Waals surface area contributed by atoms with Crippen LogP contribution >= 0.6 is 0 Å². The molecule has 0 saturated carbocycles. The van der Waals surface area contributed by atoms with Crippen molar-refractivity contribution in [2.45, 2.75) is 13.0 Å². The highest BCUT2D eigenvalue weighted by Gasteiger charge is 2.13. The van der Waals surface area contributed by atoms with Gasteiger partial charge in [0.05, 0.1) is 13.3 Å². The van der Waals surface area contributed by atoms with Crippen molar-refractivity contribution in [1.82, 2.24) is 4.90 Å². The molecule has 1 N–H and O–H groups in total. The van der Waals surface area contributed by atoms with Crippen molar-refractivity contribution in [2.75, 3.05) is 19.8 Å². The Balaban J connectivity index is 2.28. The Labute approximate surface area is 55.0 Å². The summed E-state index contributed by atoms with van der Waals surface area (Å²) in [6.07, 6.45) is 1.91. The summed E-state index contributed by atoms with van der Waals surface area (Å²) in [6.45, 7) is 3.79. The quantitative estimate of drug-likeness (QED) is 0.554. The highest BCUT2D eigenvalue weighted by molar-refractivity contribution is 5.65. The minimum atomic E-state index is 0.230. The normalized spacial score (nSPS) is 27.6. The zero-order chi connectivity index (χ0) is 6.69.